The summed E-state index contributed by atoms with van der Waals surface area (Å²) in [5.41, 5.74) is 4.69. The molecule has 32 heavy (non-hydrogen) atoms. The fourth-order valence-corrected chi connectivity index (χ4v) is 3.62. The van der Waals surface area contributed by atoms with Crippen LogP contribution in [0.3, 0.4) is 0 Å². The zero-order chi connectivity index (χ0) is 22.2. The molecular formula is C25H25N5O2. The van der Waals surface area contributed by atoms with Gasteiger partial charge in [0.2, 0.25) is 0 Å². The van der Waals surface area contributed by atoms with E-state index in [2.05, 4.69) is 39.5 Å². The number of carbonyl (C=O) groups is 1. The number of amides is 1. The Bertz CT molecular complexity index is 1080. The number of aromatic nitrogens is 2. The fraction of sp³-hybridized carbons (Fsp3) is 0.280. The van der Waals surface area contributed by atoms with Gasteiger partial charge in [0, 0.05) is 43.4 Å². The van der Waals surface area contributed by atoms with Crippen molar-refractivity contribution >= 4 is 5.91 Å². The molecule has 1 aliphatic heterocycles. The van der Waals surface area contributed by atoms with Crippen LogP contribution in [0, 0.1) is 11.3 Å². The Labute approximate surface area is 187 Å². The van der Waals surface area contributed by atoms with Crippen LogP contribution in [0.15, 0.2) is 60.8 Å². The molecule has 2 aromatic carbocycles. The Morgan fingerprint density at radius 1 is 1.03 bits per heavy atom. The molecule has 162 valence electrons. The number of benzene rings is 2. The molecule has 0 bridgehead atoms. The highest BCUT2D eigenvalue weighted by Crippen LogP contribution is 2.18. The molecule has 0 aliphatic carbocycles. The lowest BCUT2D eigenvalue weighted by Crippen LogP contribution is -2.35. The smallest absolute Gasteiger partial charge is 0.252 e. The summed E-state index contributed by atoms with van der Waals surface area (Å²) in [5.74, 6) is 0.484. The Morgan fingerprint density at radius 3 is 2.47 bits per heavy atom. The summed E-state index contributed by atoms with van der Waals surface area (Å²) >= 11 is 0. The van der Waals surface area contributed by atoms with E-state index in [1.807, 2.05) is 24.3 Å². The highest BCUT2D eigenvalue weighted by molar-refractivity contribution is 5.94. The minimum absolute atomic E-state index is 0.00987. The number of hydrogen-bond acceptors (Lipinski definition) is 6. The molecule has 7 heteroatoms. The standard InChI is InChI=1S/C25H25N5O2/c26-10-12-28-25(31)22-7-5-21(6-8-22)23-9-11-27-24(29-23)17-19-1-3-20(4-2-19)18-30-13-15-32-16-14-30/h1-9,11H,12-18H2,(H,28,31). The van der Waals surface area contributed by atoms with Crippen LogP contribution in [-0.2, 0) is 17.7 Å². The van der Waals surface area contributed by atoms with E-state index < -0.39 is 0 Å². The first-order valence-corrected chi connectivity index (χ1v) is 10.7. The number of morpholine rings is 1. The third-order valence-electron chi connectivity index (χ3n) is 5.37. The maximum Gasteiger partial charge on any atom is 0.252 e. The molecule has 1 saturated heterocycles. The quantitative estimate of drug-likeness (QED) is 0.583. The van der Waals surface area contributed by atoms with Crippen LogP contribution in [0.1, 0.15) is 27.3 Å². The molecule has 1 aromatic heterocycles. The first kappa shape index (κ1) is 21.6. The fourth-order valence-electron chi connectivity index (χ4n) is 3.62. The minimum atomic E-state index is -0.265. The molecular weight excluding hydrogens is 402 g/mol. The van der Waals surface area contributed by atoms with Crippen molar-refractivity contribution < 1.29 is 9.53 Å². The predicted molar refractivity (Wildman–Crippen MR) is 121 cm³/mol. The Balaban J connectivity index is 1.39. The Morgan fingerprint density at radius 2 is 1.75 bits per heavy atom. The second-order valence-electron chi connectivity index (χ2n) is 7.66. The van der Waals surface area contributed by atoms with E-state index in [1.165, 1.54) is 5.56 Å². The summed E-state index contributed by atoms with van der Waals surface area (Å²) in [5, 5.41) is 11.1. The predicted octanol–water partition coefficient (Wildman–Crippen LogP) is 2.82. The lowest BCUT2D eigenvalue weighted by molar-refractivity contribution is 0.0342. The van der Waals surface area contributed by atoms with Crippen molar-refractivity contribution in [2.75, 3.05) is 32.8 Å². The highest BCUT2D eigenvalue weighted by atomic mass is 16.5. The van der Waals surface area contributed by atoms with Crippen LogP contribution >= 0.6 is 0 Å². The summed E-state index contributed by atoms with van der Waals surface area (Å²) < 4.78 is 5.41. The zero-order valence-electron chi connectivity index (χ0n) is 17.8. The molecule has 0 unspecified atom stereocenters. The molecule has 0 atom stereocenters. The highest BCUT2D eigenvalue weighted by Gasteiger charge is 2.11. The number of carbonyl (C=O) groups excluding carboxylic acids is 1. The number of ether oxygens (including phenoxy) is 1. The summed E-state index contributed by atoms with van der Waals surface area (Å²) in [6.45, 7) is 4.51. The van der Waals surface area contributed by atoms with Crippen LogP contribution < -0.4 is 5.32 Å². The number of nitrogens with zero attached hydrogens (tertiary/aromatic N) is 4. The average molecular weight is 428 g/mol. The molecule has 7 nitrogen and oxygen atoms in total. The first-order valence-electron chi connectivity index (χ1n) is 10.7. The van der Waals surface area contributed by atoms with Crippen molar-refractivity contribution in [1.29, 1.82) is 5.26 Å². The molecule has 1 fully saturated rings. The summed E-state index contributed by atoms with van der Waals surface area (Å²) in [6, 6.07) is 19.6. The van der Waals surface area contributed by atoms with Crippen molar-refractivity contribution in [3.8, 4) is 17.3 Å². The number of hydrogen-bond donors (Lipinski definition) is 1. The van der Waals surface area contributed by atoms with Gasteiger partial charge in [-0.25, -0.2) is 9.97 Å². The van der Waals surface area contributed by atoms with Gasteiger partial charge in [-0.1, -0.05) is 36.4 Å². The second-order valence-corrected chi connectivity index (χ2v) is 7.66. The first-order chi connectivity index (χ1) is 15.7. The van der Waals surface area contributed by atoms with E-state index in [9.17, 15) is 4.79 Å². The van der Waals surface area contributed by atoms with Gasteiger partial charge in [0.05, 0.1) is 25.0 Å². The van der Waals surface area contributed by atoms with Crippen molar-refractivity contribution in [2.24, 2.45) is 0 Å². The van der Waals surface area contributed by atoms with Crippen LogP contribution in [-0.4, -0.2) is 53.6 Å². The largest absolute Gasteiger partial charge is 0.379 e. The van der Waals surface area contributed by atoms with Crippen molar-refractivity contribution in [1.82, 2.24) is 20.2 Å². The normalized spacial score (nSPS) is 14.0. The maximum absolute atomic E-state index is 11.9. The van der Waals surface area contributed by atoms with Gasteiger partial charge < -0.3 is 10.1 Å². The number of nitriles is 1. The van der Waals surface area contributed by atoms with E-state index in [-0.39, 0.29) is 12.5 Å². The second kappa shape index (κ2) is 10.6. The molecule has 3 aromatic rings. The molecule has 0 spiro atoms. The molecule has 1 amide bonds. The van der Waals surface area contributed by atoms with E-state index in [0.29, 0.717) is 12.0 Å². The SMILES string of the molecule is N#CCNC(=O)c1ccc(-c2ccnc(Cc3ccc(CN4CCOCC4)cc3)n2)cc1. The Hall–Kier alpha value is -3.60. The summed E-state index contributed by atoms with van der Waals surface area (Å²) in [6.07, 6.45) is 2.42. The van der Waals surface area contributed by atoms with Gasteiger partial charge in [-0.15, -0.1) is 0 Å². The molecule has 1 N–H and O–H groups in total. The van der Waals surface area contributed by atoms with Crippen molar-refractivity contribution in [3.63, 3.8) is 0 Å². The van der Waals surface area contributed by atoms with E-state index in [1.54, 1.807) is 18.3 Å². The minimum Gasteiger partial charge on any atom is -0.379 e. The van der Waals surface area contributed by atoms with E-state index in [4.69, 9.17) is 15.0 Å². The van der Waals surface area contributed by atoms with Crippen LogP contribution in [0.5, 0.6) is 0 Å². The molecule has 4 rings (SSSR count). The average Bonchev–Trinajstić information content (AvgIpc) is 2.85. The van der Waals surface area contributed by atoms with Gasteiger partial charge in [-0.05, 0) is 29.3 Å². The number of nitrogens with one attached hydrogen (secondary N) is 1. The van der Waals surface area contributed by atoms with Crippen molar-refractivity contribution in [2.45, 2.75) is 13.0 Å². The van der Waals surface area contributed by atoms with E-state index in [0.717, 1.165) is 55.5 Å². The van der Waals surface area contributed by atoms with Gasteiger partial charge in [-0.3, -0.25) is 9.69 Å². The lowest BCUT2D eigenvalue weighted by atomic mass is 10.1. The third-order valence-corrected chi connectivity index (χ3v) is 5.37. The van der Waals surface area contributed by atoms with Gasteiger partial charge >= 0.3 is 0 Å². The molecule has 0 saturated carbocycles. The van der Waals surface area contributed by atoms with Gasteiger partial charge in [0.25, 0.3) is 5.91 Å². The maximum atomic E-state index is 11.9. The molecule has 0 radical (unpaired) electrons. The lowest BCUT2D eigenvalue weighted by Gasteiger charge is -2.26. The van der Waals surface area contributed by atoms with Gasteiger partial charge in [-0.2, -0.15) is 5.26 Å². The molecule has 2 heterocycles. The number of rotatable bonds is 7. The monoisotopic (exact) mass is 427 g/mol. The van der Waals surface area contributed by atoms with Gasteiger partial charge in [0.15, 0.2) is 0 Å². The Kier molecular flexibility index (Phi) is 7.18. The van der Waals surface area contributed by atoms with Crippen LogP contribution in [0.25, 0.3) is 11.3 Å². The van der Waals surface area contributed by atoms with Crippen molar-refractivity contribution in [3.05, 3.63) is 83.3 Å². The van der Waals surface area contributed by atoms with Gasteiger partial charge in [0.1, 0.15) is 12.4 Å². The zero-order valence-corrected chi connectivity index (χ0v) is 17.8. The summed E-state index contributed by atoms with van der Waals surface area (Å²) in [7, 11) is 0. The van der Waals surface area contributed by atoms with Crippen LogP contribution in [0.4, 0.5) is 0 Å². The summed E-state index contributed by atoms with van der Waals surface area (Å²) in [4.78, 5) is 23.5. The van der Waals surface area contributed by atoms with E-state index >= 15 is 0 Å². The third kappa shape index (κ3) is 5.76. The van der Waals surface area contributed by atoms with Crippen LogP contribution in [0.2, 0.25) is 0 Å². The topological polar surface area (TPSA) is 91.1 Å². The molecule has 1 aliphatic rings.